The zero-order chi connectivity index (χ0) is 13.3. The fraction of sp³-hybridized carbons (Fsp3) is 0.833. The summed E-state index contributed by atoms with van der Waals surface area (Å²) in [5.41, 5.74) is 0. The third-order valence-electron chi connectivity index (χ3n) is 2.25. The smallest absolute Gasteiger partial charge is 0.322 e. The molecule has 0 aromatic rings. The van der Waals surface area contributed by atoms with Gasteiger partial charge < -0.3 is 10.1 Å². The van der Waals surface area contributed by atoms with Gasteiger partial charge >= 0.3 is 5.97 Å². The molecule has 0 bridgehead atoms. The Bertz CT molecular complexity index is 242. The number of nitrogens with one attached hydrogen (secondary N) is 2. The van der Waals surface area contributed by atoms with Gasteiger partial charge in [0.15, 0.2) is 0 Å². The van der Waals surface area contributed by atoms with Gasteiger partial charge in [0.05, 0.1) is 13.2 Å². The number of hydrogen-bond donors (Lipinski definition) is 2. The molecule has 100 valence electrons. The van der Waals surface area contributed by atoms with Crippen LogP contribution in [0.2, 0.25) is 0 Å². The number of carbonyl (C=O) groups is 2. The standard InChI is InChI=1S/C12H24N2O3/c1-5-17-12(16)10(4)14-8-11(15)13-7-6-9(2)3/h9-10,14H,5-8H2,1-4H3,(H,13,15). The third-order valence-corrected chi connectivity index (χ3v) is 2.25. The molecule has 0 aromatic heterocycles. The van der Waals surface area contributed by atoms with Crippen LogP contribution < -0.4 is 10.6 Å². The Labute approximate surface area is 103 Å². The molecule has 1 atom stereocenters. The summed E-state index contributed by atoms with van der Waals surface area (Å²) in [4.78, 5) is 22.6. The van der Waals surface area contributed by atoms with E-state index in [0.717, 1.165) is 6.42 Å². The van der Waals surface area contributed by atoms with E-state index in [1.54, 1.807) is 13.8 Å². The van der Waals surface area contributed by atoms with Gasteiger partial charge in [-0.05, 0) is 26.2 Å². The van der Waals surface area contributed by atoms with Gasteiger partial charge in [0.25, 0.3) is 0 Å². The molecule has 0 aliphatic rings. The molecule has 5 nitrogen and oxygen atoms in total. The van der Waals surface area contributed by atoms with Crippen molar-refractivity contribution in [2.75, 3.05) is 19.7 Å². The first kappa shape index (κ1) is 15.9. The van der Waals surface area contributed by atoms with Crippen molar-refractivity contribution in [3.05, 3.63) is 0 Å². The molecule has 0 radical (unpaired) electrons. The highest BCUT2D eigenvalue weighted by Crippen LogP contribution is 1.95. The summed E-state index contributed by atoms with van der Waals surface area (Å²) in [7, 11) is 0. The van der Waals surface area contributed by atoms with Gasteiger partial charge in [-0.1, -0.05) is 13.8 Å². The topological polar surface area (TPSA) is 67.4 Å². The highest BCUT2D eigenvalue weighted by molar-refractivity contribution is 5.80. The Hall–Kier alpha value is -1.10. The largest absolute Gasteiger partial charge is 0.465 e. The third kappa shape index (κ3) is 8.68. The maximum atomic E-state index is 11.4. The molecular weight excluding hydrogens is 220 g/mol. The molecule has 0 spiro atoms. The van der Waals surface area contributed by atoms with E-state index in [0.29, 0.717) is 19.1 Å². The second-order valence-corrected chi connectivity index (χ2v) is 4.39. The van der Waals surface area contributed by atoms with Crippen molar-refractivity contribution in [3.63, 3.8) is 0 Å². The summed E-state index contributed by atoms with van der Waals surface area (Å²) in [5.74, 6) is 0.144. The molecule has 1 unspecified atom stereocenters. The minimum atomic E-state index is -0.453. The van der Waals surface area contributed by atoms with Gasteiger partial charge in [-0.15, -0.1) is 0 Å². The summed E-state index contributed by atoms with van der Waals surface area (Å²) < 4.78 is 4.82. The summed E-state index contributed by atoms with van der Waals surface area (Å²) in [5, 5.41) is 5.61. The normalized spacial score (nSPS) is 12.3. The Morgan fingerprint density at radius 2 is 1.88 bits per heavy atom. The molecule has 0 fully saturated rings. The van der Waals surface area contributed by atoms with E-state index in [4.69, 9.17) is 4.74 Å². The first-order chi connectivity index (χ1) is 7.97. The van der Waals surface area contributed by atoms with Crippen molar-refractivity contribution in [3.8, 4) is 0 Å². The molecule has 0 aliphatic heterocycles. The Balaban J connectivity index is 3.65. The van der Waals surface area contributed by atoms with Crippen LogP contribution in [0.15, 0.2) is 0 Å². The Kier molecular flexibility index (Phi) is 8.40. The molecule has 1 amide bonds. The Morgan fingerprint density at radius 3 is 2.41 bits per heavy atom. The lowest BCUT2D eigenvalue weighted by Crippen LogP contribution is -2.42. The number of amides is 1. The van der Waals surface area contributed by atoms with Crippen LogP contribution in [0.5, 0.6) is 0 Å². The van der Waals surface area contributed by atoms with Crippen LogP contribution in [0.25, 0.3) is 0 Å². The van der Waals surface area contributed by atoms with Gasteiger partial charge in [0, 0.05) is 6.54 Å². The zero-order valence-corrected chi connectivity index (χ0v) is 11.2. The first-order valence-electron chi connectivity index (χ1n) is 6.14. The molecule has 5 heteroatoms. The fourth-order valence-corrected chi connectivity index (χ4v) is 1.16. The molecule has 17 heavy (non-hydrogen) atoms. The van der Waals surface area contributed by atoms with Crippen molar-refractivity contribution >= 4 is 11.9 Å². The molecule has 2 N–H and O–H groups in total. The van der Waals surface area contributed by atoms with Crippen molar-refractivity contribution in [1.29, 1.82) is 0 Å². The number of hydrogen-bond acceptors (Lipinski definition) is 4. The lowest BCUT2D eigenvalue weighted by Gasteiger charge is -2.12. The summed E-state index contributed by atoms with van der Waals surface area (Å²) in [6.45, 7) is 8.80. The summed E-state index contributed by atoms with van der Waals surface area (Å²) in [6, 6.07) is -0.453. The number of ether oxygens (including phenoxy) is 1. The van der Waals surface area contributed by atoms with Crippen molar-refractivity contribution in [1.82, 2.24) is 10.6 Å². The molecular formula is C12H24N2O3. The van der Waals surface area contributed by atoms with Crippen LogP contribution in [0.1, 0.15) is 34.1 Å². The fourth-order valence-electron chi connectivity index (χ4n) is 1.16. The van der Waals surface area contributed by atoms with Gasteiger partial charge in [-0.3, -0.25) is 14.9 Å². The van der Waals surface area contributed by atoms with Crippen LogP contribution in [-0.4, -0.2) is 37.6 Å². The highest BCUT2D eigenvalue weighted by atomic mass is 16.5. The quantitative estimate of drug-likeness (QED) is 0.616. The molecule has 0 heterocycles. The van der Waals surface area contributed by atoms with Crippen LogP contribution in [0.3, 0.4) is 0 Å². The van der Waals surface area contributed by atoms with Crippen LogP contribution in [0, 0.1) is 5.92 Å². The molecule has 0 saturated heterocycles. The molecule has 0 rings (SSSR count). The van der Waals surface area contributed by atoms with Crippen LogP contribution in [0.4, 0.5) is 0 Å². The van der Waals surface area contributed by atoms with Crippen molar-refractivity contribution in [2.45, 2.75) is 40.2 Å². The minimum Gasteiger partial charge on any atom is -0.465 e. The lowest BCUT2D eigenvalue weighted by molar-refractivity contribution is -0.145. The molecule has 0 aromatic carbocycles. The summed E-state index contributed by atoms with van der Waals surface area (Å²) in [6.07, 6.45) is 0.958. The maximum absolute atomic E-state index is 11.4. The summed E-state index contributed by atoms with van der Waals surface area (Å²) >= 11 is 0. The van der Waals surface area contributed by atoms with E-state index in [-0.39, 0.29) is 18.4 Å². The predicted octanol–water partition coefficient (Wildman–Crippen LogP) is 0.690. The van der Waals surface area contributed by atoms with E-state index in [9.17, 15) is 9.59 Å². The van der Waals surface area contributed by atoms with Crippen molar-refractivity contribution in [2.24, 2.45) is 5.92 Å². The van der Waals surface area contributed by atoms with Gasteiger partial charge in [0.1, 0.15) is 6.04 Å². The number of esters is 1. The highest BCUT2D eigenvalue weighted by Gasteiger charge is 2.14. The second kappa shape index (κ2) is 8.98. The molecule has 0 aliphatic carbocycles. The van der Waals surface area contributed by atoms with E-state index in [2.05, 4.69) is 24.5 Å². The van der Waals surface area contributed by atoms with Gasteiger partial charge in [0.2, 0.25) is 5.91 Å². The SMILES string of the molecule is CCOC(=O)C(C)NCC(=O)NCCC(C)C. The minimum absolute atomic E-state index is 0.0956. The van der Waals surface area contributed by atoms with E-state index in [1.807, 2.05) is 0 Å². The average molecular weight is 244 g/mol. The van der Waals surface area contributed by atoms with E-state index in [1.165, 1.54) is 0 Å². The van der Waals surface area contributed by atoms with Crippen LogP contribution in [-0.2, 0) is 14.3 Å². The second-order valence-electron chi connectivity index (χ2n) is 4.39. The average Bonchev–Trinajstić information content (AvgIpc) is 2.25. The van der Waals surface area contributed by atoms with E-state index >= 15 is 0 Å². The zero-order valence-electron chi connectivity index (χ0n) is 11.2. The Morgan fingerprint density at radius 1 is 1.24 bits per heavy atom. The lowest BCUT2D eigenvalue weighted by atomic mass is 10.1. The van der Waals surface area contributed by atoms with E-state index < -0.39 is 6.04 Å². The van der Waals surface area contributed by atoms with Gasteiger partial charge in [-0.25, -0.2) is 0 Å². The van der Waals surface area contributed by atoms with Gasteiger partial charge in [-0.2, -0.15) is 0 Å². The van der Waals surface area contributed by atoms with Crippen LogP contribution >= 0.6 is 0 Å². The maximum Gasteiger partial charge on any atom is 0.322 e. The predicted molar refractivity (Wildman–Crippen MR) is 66.6 cm³/mol. The monoisotopic (exact) mass is 244 g/mol. The molecule has 0 saturated carbocycles. The first-order valence-corrected chi connectivity index (χ1v) is 6.14. The number of carbonyl (C=O) groups excluding carboxylic acids is 2. The number of rotatable bonds is 8. The van der Waals surface area contributed by atoms with Crippen molar-refractivity contribution < 1.29 is 14.3 Å².